The van der Waals surface area contributed by atoms with Crippen LogP contribution < -0.4 is 11.1 Å². The molecule has 0 saturated heterocycles. The highest BCUT2D eigenvalue weighted by atomic mass is 14.9. The molecule has 0 aromatic carbocycles. The van der Waals surface area contributed by atoms with Crippen LogP contribution in [0.5, 0.6) is 0 Å². The fraction of sp³-hybridized carbons (Fsp3) is 0.375. The van der Waals surface area contributed by atoms with E-state index in [1.165, 1.54) is 5.56 Å². The maximum atomic E-state index is 5.31. The summed E-state index contributed by atoms with van der Waals surface area (Å²) in [5, 5.41) is 3.19. The highest BCUT2D eigenvalue weighted by Crippen LogP contribution is 1.92. The van der Waals surface area contributed by atoms with E-state index in [1.54, 1.807) is 6.20 Å². The van der Waals surface area contributed by atoms with Crippen LogP contribution >= 0.6 is 0 Å². The van der Waals surface area contributed by atoms with E-state index in [0.29, 0.717) is 6.54 Å². The van der Waals surface area contributed by atoms with Crippen molar-refractivity contribution in [1.29, 1.82) is 0 Å². The van der Waals surface area contributed by atoms with E-state index in [9.17, 15) is 0 Å². The van der Waals surface area contributed by atoms with Crippen LogP contribution in [0, 0.1) is 0 Å². The number of nitrogens with zero attached hydrogens (tertiary/aromatic N) is 1. The zero-order chi connectivity index (χ0) is 7.94. The lowest BCUT2D eigenvalue weighted by molar-refractivity contribution is 0.693. The number of nitrogens with two attached hydrogens (primary N) is 1. The SMILES string of the molecule is NCCNCc1cccnc1. The van der Waals surface area contributed by atoms with Crippen molar-refractivity contribution in [2.24, 2.45) is 5.73 Å². The van der Waals surface area contributed by atoms with E-state index < -0.39 is 0 Å². The van der Waals surface area contributed by atoms with Crippen molar-refractivity contribution in [1.82, 2.24) is 10.3 Å². The molecule has 1 rings (SSSR count). The smallest absolute Gasteiger partial charge is 0.0312 e. The topological polar surface area (TPSA) is 50.9 Å². The van der Waals surface area contributed by atoms with Gasteiger partial charge in [0.25, 0.3) is 0 Å². The van der Waals surface area contributed by atoms with Gasteiger partial charge >= 0.3 is 0 Å². The van der Waals surface area contributed by atoms with Gasteiger partial charge in [-0.05, 0) is 11.6 Å². The second-order valence-electron chi connectivity index (χ2n) is 2.33. The van der Waals surface area contributed by atoms with E-state index in [0.717, 1.165) is 13.1 Å². The molecule has 0 bridgehead atoms. The number of hydrogen-bond donors (Lipinski definition) is 2. The molecule has 3 nitrogen and oxygen atoms in total. The zero-order valence-corrected chi connectivity index (χ0v) is 6.46. The van der Waals surface area contributed by atoms with Crippen LogP contribution in [0.3, 0.4) is 0 Å². The summed E-state index contributed by atoms with van der Waals surface area (Å²) in [5.41, 5.74) is 6.51. The second kappa shape index (κ2) is 4.82. The van der Waals surface area contributed by atoms with Gasteiger partial charge < -0.3 is 11.1 Å². The van der Waals surface area contributed by atoms with Crippen LogP contribution in [0.15, 0.2) is 24.5 Å². The molecular weight excluding hydrogens is 138 g/mol. The average Bonchev–Trinajstić information content (AvgIpc) is 2.07. The third-order valence-electron chi connectivity index (χ3n) is 1.37. The Hall–Kier alpha value is -0.930. The summed E-state index contributed by atoms with van der Waals surface area (Å²) in [6.07, 6.45) is 3.62. The number of aromatic nitrogens is 1. The average molecular weight is 151 g/mol. The van der Waals surface area contributed by atoms with Gasteiger partial charge in [0.2, 0.25) is 0 Å². The molecule has 11 heavy (non-hydrogen) atoms. The first-order valence-corrected chi connectivity index (χ1v) is 3.73. The van der Waals surface area contributed by atoms with Crippen LogP contribution in [-0.4, -0.2) is 18.1 Å². The number of rotatable bonds is 4. The van der Waals surface area contributed by atoms with Crippen molar-refractivity contribution in [3.63, 3.8) is 0 Å². The molecule has 0 aliphatic carbocycles. The van der Waals surface area contributed by atoms with E-state index in [4.69, 9.17) is 5.73 Å². The molecule has 1 aromatic rings. The molecule has 0 saturated carbocycles. The Balaban J connectivity index is 2.28. The van der Waals surface area contributed by atoms with Crippen LogP contribution in [0.4, 0.5) is 0 Å². The second-order valence-corrected chi connectivity index (χ2v) is 2.33. The van der Waals surface area contributed by atoms with E-state index in [-0.39, 0.29) is 0 Å². The molecule has 0 radical (unpaired) electrons. The van der Waals surface area contributed by atoms with E-state index >= 15 is 0 Å². The molecule has 0 aliphatic rings. The summed E-state index contributed by atoms with van der Waals surface area (Å²) in [4.78, 5) is 3.99. The van der Waals surface area contributed by atoms with Gasteiger partial charge in [-0.2, -0.15) is 0 Å². The first kappa shape index (κ1) is 8.17. The lowest BCUT2D eigenvalue weighted by atomic mass is 10.3. The van der Waals surface area contributed by atoms with Crippen LogP contribution in [0.1, 0.15) is 5.56 Å². The third kappa shape index (κ3) is 3.11. The molecule has 3 N–H and O–H groups in total. The van der Waals surface area contributed by atoms with Gasteiger partial charge in [0, 0.05) is 32.0 Å². The van der Waals surface area contributed by atoms with Crippen molar-refractivity contribution in [3.05, 3.63) is 30.1 Å². The van der Waals surface area contributed by atoms with Crippen molar-refractivity contribution in [2.75, 3.05) is 13.1 Å². The van der Waals surface area contributed by atoms with E-state index in [2.05, 4.69) is 10.3 Å². The summed E-state index contributed by atoms with van der Waals surface area (Å²) in [5.74, 6) is 0. The molecule has 0 amide bonds. The molecule has 1 aromatic heterocycles. The van der Waals surface area contributed by atoms with E-state index in [1.807, 2.05) is 18.3 Å². The van der Waals surface area contributed by atoms with Crippen LogP contribution in [0.25, 0.3) is 0 Å². The van der Waals surface area contributed by atoms with Gasteiger partial charge in [0.15, 0.2) is 0 Å². The highest BCUT2D eigenvalue weighted by Gasteiger charge is 1.88. The fourth-order valence-corrected chi connectivity index (χ4v) is 0.837. The summed E-state index contributed by atoms with van der Waals surface area (Å²) in [6.45, 7) is 2.39. The number of hydrogen-bond acceptors (Lipinski definition) is 3. The Morgan fingerprint density at radius 1 is 1.55 bits per heavy atom. The Morgan fingerprint density at radius 3 is 3.09 bits per heavy atom. The molecule has 0 aliphatic heterocycles. The Labute approximate surface area is 66.6 Å². The minimum Gasteiger partial charge on any atom is -0.329 e. The molecule has 0 spiro atoms. The van der Waals surface area contributed by atoms with Crippen LogP contribution in [-0.2, 0) is 6.54 Å². The summed E-state index contributed by atoms with van der Waals surface area (Å²) < 4.78 is 0. The molecule has 0 atom stereocenters. The Bertz CT molecular complexity index is 186. The first-order chi connectivity index (χ1) is 5.43. The van der Waals surface area contributed by atoms with Gasteiger partial charge in [0.1, 0.15) is 0 Å². The fourth-order valence-electron chi connectivity index (χ4n) is 0.837. The van der Waals surface area contributed by atoms with Gasteiger partial charge in [-0.25, -0.2) is 0 Å². The van der Waals surface area contributed by atoms with Gasteiger partial charge in [-0.1, -0.05) is 6.07 Å². The number of pyridine rings is 1. The third-order valence-corrected chi connectivity index (χ3v) is 1.37. The Morgan fingerprint density at radius 2 is 2.45 bits per heavy atom. The first-order valence-electron chi connectivity index (χ1n) is 3.73. The highest BCUT2D eigenvalue weighted by molar-refractivity contribution is 5.07. The minimum absolute atomic E-state index is 0.681. The largest absolute Gasteiger partial charge is 0.329 e. The van der Waals surface area contributed by atoms with Gasteiger partial charge in [-0.15, -0.1) is 0 Å². The Kier molecular flexibility index (Phi) is 3.58. The number of nitrogens with one attached hydrogen (secondary N) is 1. The quantitative estimate of drug-likeness (QED) is 0.601. The maximum absolute atomic E-state index is 5.31. The van der Waals surface area contributed by atoms with Crippen LogP contribution in [0.2, 0.25) is 0 Å². The summed E-state index contributed by atoms with van der Waals surface area (Å²) in [6, 6.07) is 3.97. The zero-order valence-electron chi connectivity index (χ0n) is 6.46. The standard InChI is InChI=1S/C8H13N3/c9-3-5-11-7-8-2-1-4-10-6-8/h1-2,4,6,11H,3,5,7,9H2. The predicted octanol–water partition coefficient (Wildman–Crippen LogP) is 0.130. The van der Waals surface area contributed by atoms with Crippen molar-refractivity contribution in [3.8, 4) is 0 Å². The van der Waals surface area contributed by atoms with Crippen molar-refractivity contribution in [2.45, 2.75) is 6.54 Å². The minimum atomic E-state index is 0.681. The van der Waals surface area contributed by atoms with Gasteiger partial charge in [-0.3, -0.25) is 4.98 Å². The van der Waals surface area contributed by atoms with Crippen molar-refractivity contribution < 1.29 is 0 Å². The lowest BCUT2D eigenvalue weighted by Crippen LogP contribution is -2.21. The normalized spacial score (nSPS) is 9.91. The molecule has 1 heterocycles. The lowest BCUT2D eigenvalue weighted by Gasteiger charge is -2.00. The van der Waals surface area contributed by atoms with Gasteiger partial charge in [0.05, 0.1) is 0 Å². The molecule has 0 fully saturated rings. The molecule has 3 heteroatoms. The molecule has 60 valence electrons. The molecule has 0 unspecified atom stereocenters. The molecular formula is C8H13N3. The summed E-state index contributed by atoms with van der Waals surface area (Å²) >= 11 is 0. The van der Waals surface area contributed by atoms with Crippen molar-refractivity contribution >= 4 is 0 Å². The maximum Gasteiger partial charge on any atom is 0.0312 e. The monoisotopic (exact) mass is 151 g/mol. The summed E-state index contributed by atoms with van der Waals surface area (Å²) in [7, 11) is 0. The predicted molar refractivity (Wildman–Crippen MR) is 45.0 cm³/mol.